The molecule has 24 unspecified atom stereocenters. The molecule has 0 aromatic heterocycles. The molecule has 6 saturated heterocycles. The minimum Gasteiger partial charge on any atom is -0.469 e. The smallest absolute Gasteiger partial charge is 0.309 e. The topological polar surface area (TPSA) is 238 Å². The number of ether oxygens (including phenoxy) is 13. The van der Waals surface area contributed by atoms with Crippen molar-refractivity contribution in [2.24, 2.45) is 23.2 Å². The van der Waals surface area contributed by atoms with E-state index >= 15 is 0 Å². The maximum atomic E-state index is 13.8. The van der Waals surface area contributed by atoms with E-state index in [4.69, 9.17) is 61.6 Å². The standard InChI is InChI=1S/C47H72O19/c1-21-41(64-36-17-31(55-7)43(23(3)60-36)66-45-40(52)39(51)38(50)32(18-48)63-45)29(49)15-34(58-21)65-42-22(2)59-35(16-30(42)54-6)61-26-12-13-46(4)25(14-26)9-10-27-28(46)11-8-24-19-56-47(5)37(24)33(20-57-47)62-44(27)53/h9,19,21-23,26-43,45,48-52H,8,10-18,20H2,1-7H3. The zero-order chi connectivity index (χ0) is 46.8. The van der Waals surface area contributed by atoms with Crippen LogP contribution in [0.25, 0.3) is 0 Å². The minimum atomic E-state index is -1.59. The van der Waals surface area contributed by atoms with Crippen molar-refractivity contribution in [3.05, 3.63) is 23.5 Å². The van der Waals surface area contributed by atoms with Gasteiger partial charge in [-0.1, -0.05) is 18.6 Å². The lowest BCUT2D eigenvalue weighted by Gasteiger charge is -2.51. The lowest BCUT2D eigenvalue weighted by molar-refractivity contribution is -0.356. The number of esters is 1. The molecule has 1 saturated carbocycles. The number of carbonyl (C=O) groups excluding carboxylic acids is 1. The predicted octanol–water partition coefficient (Wildman–Crippen LogP) is 1.86. The molecule has 0 radical (unpaired) electrons. The average Bonchev–Trinajstić information content (AvgIpc) is 3.80. The van der Waals surface area contributed by atoms with Crippen molar-refractivity contribution >= 4 is 5.97 Å². The molecular formula is C47H72O19. The first kappa shape index (κ1) is 49.1. The van der Waals surface area contributed by atoms with Gasteiger partial charge in [0, 0.05) is 40.4 Å². The van der Waals surface area contributed by atoms with E-state index in [9.17, 15) is 30.3 Å². The van der Waals surface area contributed by atoms with E-state index in [2.05, 4.69) is 13.0 Å². The average molecular weight is 941 g/mol. The summed E-state index contributed by atoms with van der Waals surface area (Å²) >= 11 is 0. The maximum Gasteiger partial charge on any atom is 0.309 e. The fourth-order valence-electron chi connectivity index (χ4n) is 12.5. The van der Waals surface area contributed by atoms with Crippen molar-refractivity contribution in [1.82, 2.24) is 0 Å². The molecule has 0 aromatic rings. The Morgan fingerprint density at radius 3 is 2.08 bits per heavy atom. The van der Waals surface area contributed by atoms with Crippen LogP contribution >= 0.6 is 0 Å². The molecule has 0 bridgehead atoms. The number of rotatable bonds is 11. The van der Waals surface area contributed by atoms with Gasteiger partial charge in [0.25, 0.3) is 0 Å². The first-order chi connectivity index (χ1) is 31.5. The molecule has 7 fully saturated rings. The Labute approximate surface area is 386 Å². The zero-order valence-electron chi connectivity index (χ0n) is 39.1. The summed E-state index contributed by atoms with van der Waals surface area (Å²) in [7, 11) is 3.14. The highest BCUT2D eigenvalue weighted by Crippen LogP contribution is 2.57. The van der Waals surface area contributed by atoms with Crippen molar-refractivity contribution < 1.29 is 91.9 Å². The van der Waals surface area contributed by atoms with E-state index in [0.29, 0.717) is 19.4 Å². The normalized spacial score (nSPS) is 51.7. The summed E-state index contributed by atoms with van der Waals surface area (Å²) in [5.41, 5.74) is 2.35. The fourth-order valence-corrected chi connectivity index (χ4v) is 12.5. The highest BCUT2D eigenvalue weighted by atomic mass is 16.8. The first-order valence-corrected chi connectivity index (χ1v) is 24.1. The molecular weight excluding hydrogens is 868 g/mol. The number of hydrogen-bond donors (Lipinski definition) is 5. The Balaban J connectivity index is 0.757. The SMILES string of the molecule is COC1CC(OC2CCC3(C)C(=CCC4C(=O)OC5COC6(C)OC=C(CCC43)C56)C2)OC(C)C1OC1CC(O)C(OC2CC(OC)C(OC3OC(CO)C(O)C(O)C3O)C(C)O2)C(C)O1. The number of aliphatic hydroxyl groups excluding tert-OH is 5. The lowest BCUT2D eigenvalue weighted by atomic mass is 9.55. The fraction of sp³-hybridized carbons (Fsp3) is 0.894. The Morgan fingerprint density at radius 2 is 1.41 bits per heavy atom. The summed E-state index contributed by atoms with van der Waals surface area (Å²) in [6.07, 6.45) is -5.73. The van der Waals surface area contributed by atoms with Gasteiger partial charge in [0.1, 0.15) is 48.8 Å². The molecule has 374 valence electrons. The molecule has 0 spiro atoms. The van der Waals surface area contributed by atoms with Gasteiger partial charge in [-0.05, 0) is 76.2 Å². The molecule has 24 atom stereocenters. The molecule has 7 heterocycles. The van der Waals surface area contributed by atoms with E-state index in [1.165, 1.54) is 18.3 Å². The quantitative estimate of drug-likeness (QED) is 0.147. The number of methoxy groups -OCH3 is 2. The third-order valence-corrected chi connectivity index (χ3v) is 16.3. The maximum absolute atomic E-state index is 13.8. The molecule has 19 nitrogen and oxygen atoms in total. The minimum absolute atomic E-state index is 0.0646. The van der Waals surface area contributed by atoms with Crippen LogP contribution in [0.1, 0.15) is 92.4 Å². The summed E-state index contributed by atoms with van der Waals surface area (Å²) in [4.78, 5) is 13.8. The van der Waals surface area contributed by atoms with Gasteiger partial charge in [0.2, 0.25) is 5.79 Å². The van der Waals surface area contributed by atoms with Crippen LogP contribution < -0.4 is 0 Å². The van der Waals surface area contributed by atoms with Crippen LogP contribution in [0.4, 0.5) is 0 Å². The van der Waals surface area contributed by atoms with Gasteiger partial charge in [-0.15, -0.1) is 0 Å². The van der Waals surface area contributed by atoms with Crippen LogP contribution in [0, 0.1) is 23.2 Å². The second-order valence-corrected chi connectivity index (χ2v) is 20.4. The molecule has 19 heteroatoms. The molecule has 0 amide bonds. The number of allylic oxidation sites excluding steroid dienone is 1. The zero-order valence-corrected chi connectivity index (χ0v) is 39.1. The van der Waals surface area contributed by atoms with E-state index in [1.54, 1.807) is 21.0 Å². The molecule has 5 N–H and O–H groups in total. The number of carbonyl (C=O) groups is 1. The van der Waals surface area contributed by atoms with Gasteiger partial charge < -0.3 is 87.1 Å². The summed E-state index contributed by atoms with van der Waals surface area (Å²) < 4.78 is 79.9. The van der Waals surface area contributed by atoms with Crippen molar-refractivity contribution in [2.45, 2.75) is 215 Å². The molecule has 2 aliphatic carbocycles. The van der Waals surface area contributed by atoms with Crippen molar-refractivity contribution in [2.75, 3.05) is 27.4 Å². The monoisotopic (exact) mass is 940 g/mol. The lowest BCUT2D eigenvalue weighted by Crippen LogP contribution is -2.62. The molecule has 66 heavy (non-hydrogen) atoms. The van der Waals surface area contributed by atoms with E-state index in [1.807, 2.05) is 20.1 Å². The van der Waals surface area contributed by atoms with Gasteiger partial charge in [0.05, 0.1) is 74.0 Å². The molecule has 9 rings (SSSR count). The summed E-state index contributed by atoms with van der Waals surface area (Å²) in [6, 6.07) is 0. The Bertz CT molecular complexity index is 1750. The van der Waals surface area contributed by atoms with E-state index in [0.717, 1.165) is 32.1 Å². The van der Waals surface area contributed by atoms with Crippen LogP contribution in [0.5, 0.6) is 0 Å². The largest absolute Gasteiger partial charge is 0.469 e. The van der Waals surface area contributed by atoms with Crippen LogP contribution in [0.3, 0.4) is 0 Å². The summed E-state index contributed by atoms with van der Waals surface area (Å²) in [5, 5.41) is 52.0. The highest BCUT2D eigenvalue weighted by molar-refractivity contribution is 5.74. The highest BCUT2D eigenvalue weighted by Gasteiger charge is 2.58. The Hall–Kier alpha value is -1.89. The van der Waals surface area contributed by atoms with Crippen LogP contribution in [-0.2, 0) is 66.4 Å². The van der Waals surface area contributed by atoms with Crippen molar-refractivity contribution in [3.8, 4) is 0 Å². The third kappa shape index (κ3) is 9.28. The summed E-state index contributed by atoms with van der Waals surface area (Å²) in [5.74, 6) is -1.03. The van der Waals surface area contributed by atoms with Gasteiger partial charge in [-0.2, -0.15) is 0 Å². The second kappa shape index (κ2) is 19.7. The second-order valence-electron chi connectivity index (χ2n) is 20.4. The van der Waals surface area contributed by atoms with Gasteiger partial charge in [-0.3, -0.25) is 4.79 Å². The Kier molecular flexibility index (Phi) is 14.7. The van der Waals surface area contributed by atoms with Crippen LogP contribution in [0.2, 0.25) is 0 Å². The number of fused-ring (bicyclic) bond motifs is 3. The van der Waals surface area contributed by atoms with Crippen molar-refractivity contribution in [1.29, 1.82) is 0 Å². The van der Waals surface area contributed by atoms with Crippen LogP contribution in [0.15, 0.2) is 23.5 Å². The predicted molar refractivity (Wildman–Crippen MR) is 225 cm³/mol. The van der Waals surface area contributed by atoms with Crippen LogP contribution in [-0.4, -0.2) is 181 Å². The van der Waals surface area contributed by atoms with E-state index < -0.39 is 111 Å². The van der Waals surface area contributed by atoms with Crippen molar-refractivity contribution in [3.63, 3.8) is 0 Å². The third-order valence-electron chi connectivity index (χ3n) is 16.3. The molecule has 0 aromatic carbocycles. The van der Waals surface area contributed by atoms with E-state index in [-0.39, 0.29) is 60.3 Å². The summed E-state index contributed by atoms with van der Waals surface area (Å²) in [6.45, 7) is 9.47. The Morgan fingerprint density at radius 1 is 0.773 bits per heavy atom. The number of aliphatic hydroxyl groups is 5. The number of hydrogen-bond acceptors (Lipinski definition) is 19. The van der Waals surface area contributed by atoms with Gasteiger partial charge in [-0.25, -0.2) is 0 Å². The van der Waals surface area contributed by atoms with Gasteiger partial charge in [0.15, 0.2) is 25.2 Å². The molecule has 9 aliphatic rings. The molecule has 7 aliphatic heterocycles. The first-order valence-electron chi connectivity index (χ1n) is 24.1. The van der Waals surface area contributed by atoms with Gasteiger partial charge >= 0.3 is 5.97 Å².